The van der Waals surface area contributed by atoms with E-state index in [1.54, 1.807) is 0 Å². The van der Waals surface area contributed by atoms with E-state index in [4.69, 9.17) is 5.11 Å². The molecule has 1 fully saturated rings. The van der Waals surface area contributed by atoms with Crippen LogP contribution in [0.1, 0.15) is 39.0 Å². The predicted molar refractivity (Wildman–Crippen MR) is 60.8 cm³/mol. The Hall–Kier alpha value is -0.830. The number of carboxylic acid groups (broad SMARTS) is 1. The quantitative estimate of drug-likeness (QED) is 0.685. The number of nitrogens with one attached hydrogen (secondary N) is 1. The van der Waals surface area contributed by atoms with E-state index in [2.05, 4.69) is 18.8 Å². The van der Waals surface area contributed by atoms with Gasteiger partial charge in [0.25, 0.3) is 0 Å². The standard InChI is InChI=1S/C12H21NO2/c1-9(12(14)15)8-13-10(2)11-6-4-3-5-7-11/h10-11,13H,1,3-8H2,2H3,(H,14,15)/t10-/m1/s1. The van der Waals surface area contributed by atoms with Crippen molar-refractivity contribution in [3.63, 3.8) is 0 Å². The summed E-state index contributed by atoms with van der Waals surface area (Å²) < 4.78 is 0. The lowest BCUT2D eigenvalue weighted by Gasteiger charge is -2.28. The summed E-state index contributed by atoms with van der Waals surface area (Å²) in [4.78, 5) is 10.5. The van der Waals surface area contributed by atoms with Crippen molar-refractivity contribution in [2.75, 3.05) is 6.54 Å². The first kappa shape index (κ1) is 12.2. The third kappa shape index (κ3) is 4.04. The summed E-state index contributed by atoms with van der Waals surface area (Å²) in [5.41, 5.74) is 0.248. The minimum atomic E-state index is -0.904. The van der Waals surface area contributed by atoms with Crippen LogP contribution in [0.5, 0.6) is 0 Å². The fourth-order valence-corrected chi connectivity index (χ4v) is 2.16. The summed E-state index contributed by atoms with van der Waals surface area (Å²) in [7, 11) is 0. The molecule has 0 amide bonds. The Balaban J connectivity index is 2.25. The normalized spacial score (nSPS) is 19.8. The Morgan fingerprint density at radius 1 is 1.47 bits per heavy atom. The predicted octanol–water partition coefficient (Wildman–Crippen LogP) is 2.19. The molecule has 3 heteroatoms. The van der Waals surface area contributed by atoms with Crippen LogP contribution in [-0.4, -0.2) is 23.7 Å². The van der Waals surface area contributed by atoms with E-state index in [0.29, 0.717) is 18.5 Å². The smallest absolute Gasteiger partial charge is 0.332 e. The average Bonchev–Trinajstić information content (AvgIpc) is 2.26. The first-order chi connectivity index (χ1) is 7.11. The maximum atomic E-state index is 10.5. The highest BCUT2D eigenvalue weighted by Gasteiger charge is 2.19. The van der Waals surface area contributed by atoms with Gasteiger partial charge in [-0.3, -0.25) is 0 Å². The Bertz CT molecular complexity index is 232. The first-order valence-corrected chi connectivity index (χ1v) is 5.75. The van der Waals surface area contributed by atoms with Crippen molar-refractivity contribution < 1.29 is 9.90 Å². The van der Waals surface area contributed by atoms with Crippen LogP contribution < -0.4 is 5.32 Å². The molecule has 0 aromatic rings. The zero-order chi connectivity index (χ0) is 11.3. The van der Waals surface area contributed by atoms with Crippen LogP contribution >= 0.6 is 0 Å². The molecule has 1 saturated carbocycles. The molecule has 86 valence electrons. The van der Waals surface area contributed by atoms with Gasteiger partial charge in [0.15, 0.2) is 0 Å². The monoisotopic (exact) mass is 211 g/mol. The van der Waals surface area contributed by atoms with Crippen LogP contribution in [0, 0.1) is 5.92 Å². The molecule has 0 aliphatic heterocycles. The molecule has 1 aliphatic carbocycles. The van der Waals surface area contributed by atoms with Gasteiger partial charge in [0.1, 0.15) is 0 Å². The molecule has 0 radical (unpaired) electrons. The Morgan fingerprint density at radius 2 is 2.07 bits per heavy atom. The Labute approximate surface area is 91.6 Å². The van der Waals surface area contributed by atoms with Gasteiger partial charge in [-0.15, -0.1) is 0 Å². The fraction of sp³-hybridized carbons (Fsp3) is 0.750. The van der Waals surface area contributed by atoms with Crippen molar-refractivity contribution in [1.29, 1.82) is 0 Å². The molecule has 0 heterocycles. The second kappa shape index (κ2) is 5.91. The van der Waals surface area contributed by atoms with E-state index >= 15 is 0 Å². The zero-order valence-electron chi connectivity index (χ0n) is 9.46. The van der Waals surface area contributed by atoms with E-state index in [1.807, 2.05) is 0 Å². The van der Waals surface area contributed by atoms with Gasteiger partial charge >= 0.3 is 5.97 Å². The van der Waals surface area contributed by atoms with Gasteiger partial charge in [0, 0.05) is 18.2 Å². The molecule has 0 aromatic heterocycles. The highest BCUT2D eigenvalue weighted by Crippen LogP contribution is 2.26. The topological polar surface area (TPSA) is 49.3 Å². The number of hydrogen-bond acceptors (Lipinski definition) is 2. The second-order valence-electron chi connectivity index (χ2n) is 4.48. The molecule has 0 saturated heterocycles. The molecular formula is C12H21NO2. The van der Waals surface area contributed by atoms with Crippen LogP contribution in [-0.2, 0) is 4.79 Å². The molecule has 0 aromatic carbocycles. The minimum Gasteiger partial charge on any atom is -0.478 e. The highest BCUT2D eigenvalue weighted by molar-refractivity contribution is 5.86. The SMILES string of the molecule is C=C(CN[C@H](C)C1CCCCC1)C(=O)O. The fourth-order valence-electron chi connectivity index (χ4n) is 2.16. The molecule has 15 heavy (non-hydrogen) atoms. The van der Waals surface area contributed by atoms with Gasteiger partial charge in [-0.1, -0.05) is 25.8 Å². The van der Waals surface area contributed by atoms with Crippen molar-refractivity contribution in [1.82, 2.24) is 5.32 Å². The molecule has 0 spiro atoms. The summed E-state index contributed by atoms with van der Waals surface area (Å²) >= 11 is 0. The maximum absolute atomic E-state index is 10.5. The molecule has 0 unspecified atom stereocenters. The van der Waals surface area contributed by atoms with E-state index < -0.39 is 5.97 Å². The minimum absolute atomic E-state index is 0.248. The molecular weight excluding hydrogens is 190 g/mol. The summed E-state index contributed by atoms with van der Waals surface area (Å²) in [5.74, 6) is -0.196. The summed E-state index contributed by atoms with van der Waals surface area (Å²) in [6, 6.07) is 0.404. The number of rotatable bonds is 5. The third-order valence-corrected chi connectivity index (χ3v) is 3.30. The van der Waals surface area contributed by atoms with Crippen LogP contribution in [0.15, 0.2) is 12.2 Å². The van der Waals surface area contributed by atoms with Crippen molar-refractivity contribution in [3.05, 3.63) is 12.2 Å². The maximum Gasteiger partial charge on any atom is 0.332 e. The average molecular weight is 211 g/mol. The van der Waals surface area contributed by atoms with Gasteiger partial charge in [0.2, 0.25) is 0 Å². The van der Waals surface area contributed by atoms with Crippen LogP contribution in [0.3, 0.4) is 0 Å². The van der Waals surface area contributed by atoms with Crippen LogP contribution in [0.2, 0.25) is 0 Å². The lowest BCUT2D eigenvalue weighted by molar-refractivity contribution is -0.132. The van der Waals surface area contributed by atoms with Crippen LogP contribution in [0.25, 0.3) is 0 Å². The van der Waals surface area contributed by atoms with Crippen molar-refractivity contribution in [2.45, 2.75) is 45.1 Å². The zero-order valence-corrected chi connectivity index (χ0v) is 9.46. The van der Waals surface area contributed by atoms with Gasteiger partial charge in [0.05, 0.1) is 0 Å². The van der Waals surface area contributed by atoms with E-state index in [1.165, 1.54) is 32.1 Å². The van der Waals surface area contributed by atoms with Crippen molar-refractivity contribution in [3.8, 4) is 0 Å². The van der Waals surface area contributed by atoms with Gasteiger partial charge in [-0.25, -0.2) is 4.79 Å². The molecule has 0 bridgehead atoms. The van der Waals surface area contributed by atoms with Crippen molar-refractivity contribution >= 4 is 5.97 Å². The second-order valence-corrected chi connectivity index (χ2v) is 4.48. The summed E-state index contributed by atoms with van der Waals surface area (Å²) in [6.07, 6.45) is 6.53. The third-order valence-electron chi connectivity index (χ3n) is 3.30. The lowest BCUT2D eigenvalue weighted by Crippen LogP contribution is -2.36. The first-order valence-electron chi connectivity index (χ1n) is 5.75. The number of hydrogen-bond donors (Lipinski definition) is 2. The van der Waals surface area contributed by atoms with Gasteiger partial charge in [-0.05, 0) is 25.7 Å². The van der Waals surface area contributed by atoms with Gasteiger partial charge < -0.3 is 10.4 Å². The Morgan fingerprint density at radius 3 is 2.60 bits per heavy atom. The van der Waals surface area contributed by atoms with Gasteiger partial charge in [-0.2, -0.15) is 0 Å². The van der Waals surface area contributed by atoms with Crippen LogP contribution in [0.4, 0.5) is 0 Å². The number of carbonyl (C=O) groups is 1. The molecule has 1 rings (SSSR count). The number of carboxylic acids is 1. The molecule has 3 nitrogen and oxygen atoms in total. The summed E-state index contributed by atoms with van der Waals surface area (Å²) in [6.45, 7) is 6.05. The van der Waals surface area contributed by atoms with E-state index in [-0.39, 0.29) is 5.57 Å². The Kier molecular flexibility index (Phi) is 4.82. The van der Waals surface area contributed by atoms with E-state index in [0.717, 1.165) is 0 Å². The molecule has 1 atom stereocenters. The van der Waals surface area contributed by atoms with E-state index in [9.17, 15) is 4.79 Å². The molecule has 2 N–H and O–H groups in total. The highest BCUT2D eigenvalue weighted by atomic mass is 16.4. The number of aliphatic carboxylic acids is 1. The van der Waals surface area contributed by atoms with Crippen molar-refractivity contribution in [2.24, 2.45) is 5.92 Å². The largest absolute Gasteiger partial charge is 0.478 e. The molecule has 1 aliphatic rings. The lowest BCUT2D eigenvalue weighted by atomic mass is 9.84. The summed E-state index contributed by atoms with van der Waals surface area (Å²) in [5, 5.41) is 11.9.